The van der Waals surface area contributed by atoms with Gasteiger partial charge in [-0.15, -0.1) is 0 Å². The van der Waals surface area contributed by atoms with Crippen molar-refractivity contribution in [2.24, 2.45) is 11.3 Å². The molecule has 1 atom stereocenters. The predicted molar refractivity (Wildman–Crippen MR) is 87.0 cm³/mol. The molecule has 4 nitrogen and oxygen atoms in total. The minimum atomic E-state index is -0.320. The molecule has 0 aromatic rings. The van der Waals surface area contributed by atoms with E-state index in [1.54, 1.807) is 0 Å². The SMILES string of the molecule is CC1CCN(CC(O)CN(CCC#N)CC(C)(C)C)CC1. The zero-order valence-electron chi connectivity index (χ0n) is 14.3. The van der Waals surface area contributed by atoms with E-state index >= 15 is 0 Å². The molecule has 1 rings (SSSR count). The molecule has 0 saturated carbocycles. The Balaban J connectivity index is 2.39. The molecule has 1 unspecified atom stereocenters. The van der Waals surface area contributed by atoms with Crippen LogP contribution in [0.4, 0.5) is 0 Å². The average Bonchev–Trinajstić information content (AvgIpc) is 2.37. The first-order chi connectivity index (χ1) is 9.80. The van der Waals surface area contributed by atoms with Crippen molar-refractivity contribution in [3.63, 3.8) is 0 Å². The van der Waals surface area contributed by atoms with Crippen LogP contribution in [0.15, 0.2) is 0 Å². The van der Waals surface area contributed by atoms with Crippen LogP contribution in [0.3, 0.4) is 0 Å². The standard InChI is InChI=1S/C17H33N3O/c1-15-6-10-19(11-7-15)12-16(21)13-20(9-5-8-18)14-17(2,3)4/h15-16,21H,5-7,9-14H2,1-4H3. The monoisotopic (exact) mass is 295 g/mol. The highest BCUT2D eigenvalue weighted by molar-refractivity contribution is 4.79. The molecule has 1 fully saturated rings. The Morgan fingerprint density at radius 3 is 2.48 bits per heavy atom. The van der Waals surface area contributed by atoms with Gasteiger partial charge in [-0.05, 0) is 37.3 Å². The normalized spacial score (nSPS) is 19.7. The first-order valence-electron chi connectivity index (χ1n) is 8.30. The lowest BCUT2D eigenvalue weighted by molar-refractivity contribution is 0.0523. The molecule has 1 saturated heterocycles. The number of nitriles is 1. The average molecular weight is 295 g/mol. The van der Waals surface area contributed by atoms with Crippen molar-refractivity contribution >= 4 is 0 Å². The number of nitrogens with zero attached hydrogens (tertiary/aromatic N) is 3. The fourth-order valence-corrected chi connectivity index (χ4v) is 3.01. The smallest absolute Gasteiger partial charge is 0.0793 e. The summed E-state index contributed by atoms with van der Waals surface area (Å²) in [4.78, 5) is 4.62. The summed E-state index contributed by atoms with van der Waals surface area (Å²) in [5.41, 5.74) is 0.190. The number of likely N-dealkylation sites (tertiary alicyclic amines) is 1. The summed E-state index contributed by atoms with van der Waals surface area (Å²) in [5.74, 6) is 0.825. The van der Waals surface area contributed by atoms with E-state index in [9.17, 15) is 5.11 Å². The molecule has 0 bridgehead atoms. The zero-order valence-corrected chi connectivity index (χ0v) is 14.3. The topological polar surface area (TPSA) is 50.5 Å². The third kappa shape index (κ3) is 8.40. The number of rotatable bonds is 7. The van der Waals surface area contributed by atoms with Gasteiger partial charge in [0.1, 0.15) is 0 Å². The summed E-state index contributed by atoms with van der Waals surface area (Å²) in [6.45, 7) is 14.2. The molecular weight excluding hydrogens is 262 g/mol. The van der Waals surface area contributed by atoms with Crippen molar-refractivity contribution in [2.75, 3.05) is 39.3 Å². The molecular formula is C17H33N3O. The van der Waals surface area contributed by atoms with E-state index in [0.717, 1.165) is 38.6 Å². The fourth-order valence-electron chi connectivity index (χ4n) is 3.01. The molecule has 0 radical (unpaired) electrons. The molecule has 1 heterocycles. The van der Waals surface area contributed by atoms with Crippen LogP contribution in [-0.2, 0) is 0 Å². The van der Waals surface area contributed by atoms with Gasteiger partial charge in [0.05, 0.1) is 12.2 Å². The highest BCUT2D eigenvalue weighted by atomic mass is 16.3. The van der Waals surface area contributed by atoms with Gasteiger partial charge in [-0.2, -0.15) is 5.26 Å². The molecule has 0 aromatic carbocycles. The van der Waals surface area contributed by atoms with E-state index in [-0.39, 0.29) is 11.5 Å². The van der Waals surface area contributed by atoms with Gasteiger partial charge < -0.3 is 10.0 Å². The summed E-state index contributed by atoms with van der Waals surface area (Å²) < 4.78 is 0. The molecule has 0 spiro atoms. The maximum atomic E-state index is 10.4. The second-order valence-electron chi connectivity index (χ2n) is 7.84. The van der Waals surface area contributed by atoms with E-state index in [2.05, 4.69) is 43.6 Å². The van der Waals surface area contributed by atoms with Crippen molar-refractivity contribution in [2.45, 2.75) is 53.1 Å². The van der Waals surface area contributed by atoms with Gasteiger partial charge in [-0.3, -0.25) is 4.90 Å². The van der Waals surface area contributed by atoms with E-state index in [1.165, 1.54) is 12.8 Å². The predicted octanol–water partition coefficient (Wildman–Crippen LogP) is 2.34. The third-order valence-electron chi connectivity index (χ3n) is 4.05. The van der Waals surface area contributed by atoms with Crippen molar-refractivity contribution < 1.29 is 5.11 Å². The Morgan fingerprint density at radius 1 is 1.33 bits per heavy atom. The molecule has 0 aromatic heterocycles. The molecule has 21 heavy (non-hydrogen) atoms. The molecule has 1 aliphatic heterocycles. The quantitative estimate of drug-likeness (QED) is 0.783. The summed E-state index contributed by atoms with van der Waals surface area (Å²) in [5, 5.41) is 19.2. The Kier molecular flexibility index (Phi) is 7.65. The minimum Gasteiger partial charge on any atom is -0.390 e. The van der Waals surface area contributed by atoms with Crippen LogP contribution in [0.1, 0.15) is 47.0 Å². The van der Waals surface area contributed by atoms with Crippen LogP contribution in [0, 0.1) is 22.7 Å². The van der Waals surface area contributed by atoms with Crippen molar-refractivity contribution in [3.8, 4) is 6.07 Å². The lowest BCUT2D eigenvalue weighted by Gasteiger charge is -2.34. The van der Waals surface area contributed by atoms with Crippen LogP contribution < -0.4 is 0 Å². The molecule has 0 amide bonds. The first kappa shape index (κ1) is 18.4. The van der Waals surface area contributed by atoms with Crippen molar-refractivity contribution in [1.29, 1.82) is 5.26 Å². The van der Waals surface area contributed by atoms with Gasteiger partial charge in [-0.25, -0.2) is 0 Å². The number of hydrogen-bond acceptors (Lipinski definition) is 4. The van der Waals surface area contributed by atoms with Gasteiger partial charge in [0.25, 0.3) is 0 Å². The largest absolute Gasteiger partial charge is 0.390 e. The zero-order chi connectivity index (χ0) is 15.9. The first-order valence-corrected chi connectivity index (χ1v) is 8.30. The highest BCUT2D eigenvalue weighted by Crippen LogP contribution is 2.18. The van der Waals surface area contributed by atoms with Crippen LogP contribution in [0.5, 0.6) is 0 Å². The van der Waals surface area contributed by atoms with Crippen LogP contribution in [0.2, 0.25) is 0 Å². The fraction of sp³-hybridized carbons (Fsp3) is 0.941. The molecule has 4 heteroatoms. The Bertz CT molecular complexity index is 324. The third-order valence-corrected chi connectivity index (χ3v) is 4.05. The van der Waals surface area contributed by atoms with E-state index in [0.29, 0.717) is 13.0 Å². The minimum absolute atomic E-state index is 0.190. The van der Waals surface area contributed by atoms with Gasteiger partial charge in [0.2, 0.25) is 0 Å². The lowest BCUT2D eigenvalue weighted by atomic mass is 9.95. The molecule has 1 N–H and O–H groups in total. The number of piperidine rings is 1. The number of aliphatic hydroxyl groups excluding tert-OH is 1. The van der Waals surface area contributed by atoms with E-state index < -0.39 is 0 Å². The van der Waals surface area contributed by atoms with Crippen LogP contribution >= 0.6 is 0 Å². The molecule has 0 aliphatic carbocycles. The maximum absolute atomic E-state index is 10.4. The molecule has 1 aliphatic rings. The lowest BCUT2D eigenvalue weighted by Crippen LogP contribution is -2.45. The van der Waals surface area contributed by atoms with Gasteiger partial charge in [0, 0.05) is 32.6 Å². The second-order valence-corrected chi connectivity index (χ2v) is 7.84. The second kappa shape index (κ2) is 8.73. The van der Waals surface area contributed by atoms with Crippen LogP contribution in [-0.4, -0.2) is 60.3 Å². The van der Waals surface area contributed by atoms with Crippen LogP contribution in [0.25, 0.3) is 0 Å². The maximum Gasteiger partial charge on any atom is 0.0793 e. The summed E-state index contributed by atoms with van der Waals surface area (Å²) in [6.07, 6.45) is 2.70. The van der Waals surface area contributed by atoms with Gasteiger partial charge >= 0.3 is 0 Å². The van der Waals surface area contributed by atoms with E-state index in [1.807, 2.05) is 0 Å². The van der Waals surface area contributed by atoms with Crippen molar-refractivity contribution in [1.82, 2.24) is 9.80 Å². The number of aliphatic hydroxyl groups is 1. The number of hydrogen-bond donors (Lipinski definition) is 1. The number of β-amino-alcohol motifs (C(OH)–C–C–N with tert-alkyl or cyclic N) is 1. The Morgan fingerprint density at radius 2 is 1.95 bits per heavy atom. The molecule has 122 valence electrons. The Hall–Kier alpha value is -0.630. The van der Waals surface area contributed by atoms with Gasteiger partial charge in [-0.1, -0.05) is 27.7 Å². The highest BCUT2D eigenvalue weighted by Gasteiger charge is 2.22. The Labute approximate surface area is 130 Å². The van der Waals surface area contributed by atoms with Crippen molar-refractivity contribution in [3.05, 3.63) is 0 Å². The summed E-state index contributed by atoms with van der Waals surface area (Å²) in [7, 11) is 0. The summed E-state index contributed by atoms with van der Waals surface area (Å²) >= 11 is 0. The van der Waals surface area contributed by atoms with E-state index in [4.69, 9.17) is 5.26 Å². The van der Waals surface area contributed by atoms with Gasteiger partial charge in [0.15, 0.2) is 0 Å². The summed E-state index contributed by atoms with van der Waals surface area (Å²) in [6, 6.07) is 2.21.